The van der Waals surface area contributed by atoms with Gasteiger partial charge in [0.05, 0.1) is 9.79 Å². The van der Waals surface area contributed by atoms with Gasteiger partial charge in [-0.15, -0.1) is 0 Å². The Kier molecular flexibility index (Phi) is 10.4. The topological polar surface area (TPSA) is 40.5 Å². The molecule has 4 heteroatoms. The molecule has 2 rings (SSSR count). The summed E-state index contributed by atoms with van der Waals surface area (Å²) in [5.41, 5.74) is 2.66. The van der Waals surface area contributed by atoms with Crippen molar-refractivity contribution < 1.29 is 10.2 Å². The van der Waals surface area contributed by atoms with Gasteiger partial charge < -0.3 is 10.2 Å². The number of benzene rings is 2. The van der Waals surface area contributed by atoms with Gasteiger partial charge in [0.15, 0.2) is 0 Å². The Morgan fingerprint density at radius 3 is 1.34 bits per heavy atom. The molecule has 2 aromatic carbocycles. The predicted octanol–water partition coefficient (Wildman–Crippen LogP) is 9.61. The number of rotatable bonds is 13. The Morgan fingerprint density at radius 1 is 0.625 bits per heavy atom. The molecule has 0 atom stereocenters. The molecule has 0 amide bonds. The molecular weight excluding hydrogens is 432 g/mol. The summed E-state index contributed by atoms with van der Waals surface area (Å²) in [6, 6.07) is 12.0. The van der Waals surface area contributed by atoms with Crippen molar-refractivity contribution in [2.75, 3.05) is 0 Å². The first-order valence-electron chi connectivity index (χ1n) is 12.1. The second kappa shape index (κ2) is 12.3. The van der Waals surface area contributed by atoms with Crippen LogP contribution in [-0.2, 0) is 10.8 Å². The zero-order valence-electron chi connectivity index (χ0n) is 20.8. The Morgan fingerprint density at radius 2 is 1.00 bits per heavy atom. The summed E-state index contributed by atoms with van der Waals surface area (Å²) < 4.78 is 0. The Labute approximate surface area is 204 Å². The van der Waals surface area contributed by atoms with Crippen LogP contribution in [0.15, 0.2) is 46.2 Å². The zero-order chi connectivity index (χ0) is 23.8. The molecule has 0 aliphatic rings. The average Bonchev–Trinajstić information content (AvgIpc) is 2.74. The Balaban J connectivity index is 2.16. The van der Waals surface area contributed by atoms with E-state index in [4.69, 9.17) is 0 Å². The van der Waals surface area contributed by atoms with Gasteiger partial charge in [0.2, 0.25) is 0 Å². The highest BCUT2D eigenvalue weighted by Gasteiger charge is 2.23. The van der Waals surface area contributed by atoms with Gasteiger partial charge in [-0.05, 0) is 80.7 Å². The third-order valence-electron chi connectivity index (χ3n) is 6.51. The standard InChI is InChI=1S/C28H42O2S2/c1-7-9-11-17-27(3,4)21-13-15-23(29)25(19-21)31-32-26-20-22(14-16-24(26)30)28(5,6)18-12-10-8-2/h13-16,19-20,29-30H,7-12,17-18H2,1-6H3. The van der Waals surface area contributed by atoms with Crippen molar-refractivity contribution >= 4 is 21.6 Å². The zero-order valence-corrected chi connectivity index (χ0v) is 22.5. The average molecular weight is 475 g/mol. The lowest BCUT2D eigenvalue weighted by atomic mass is 9.80. The van der Waals surface area contributed by atoms with E-state index in [1.165, 1.54) is 71.2 Å². The second-order valence-corrected chi connectivity index (χ2v) is 12.4. The minimum absolute atomic E-state index is 0.0768. The molecule has 0 aliphatic carbocycles. The van der Waals surface area contributed by atoms with Crippen LogP contribution < -0.4 is 0 Å². The predicted molar refractivity (Wildman–Crippen MR) is 142 cm³/mol. The highest BCUT2D eigenvalue weighted by atomic mass is 33.1. The van der Waals surface area contributed by atoms with Gasteiger partial charge in [-0.2, -0.15) is 0 Å². The molecule has 0 unspecified atom stereocenters. The maximum Gasteiger partial charge on any atom is 0.130 e. The monoisotopic (exact) mass is 474 g/mol. The van der Waals surface area contributed by atoms with Crippen LogP contribution in [-0.4, -0.2) is 10.2 Å². The first kappa shape index (κ1) is 27.0. The van der Waals surface area contributed by atoms with Crippen molar-refractivity contribution in [3.63, 3.8) is 0 Å². The molecule has 0 spiro atoms. The van der Waals surface area contributed by atoms with Crippen molar-refractivity contribution in [2.24, 2.45) is 0 Å². The molecule has 2 N–H and O–H groups in total. The third kappa shape index (κ3) is 7.66. The van der Waals surface area contributed by atoms with E-state index >= 15 is 0 Å². The molecule has 0 aliphatic heterocycles. The van der Waals surface area contributed by atoms with E-state index < -0.39 is 0 Å². The van der Waals surface area contributed by atoms with Crippen molar-refractivity contribution in [2.45, 2.75) is 114 Å². The highest BCUT2D eigenvalue weighted by molar-refractivity contribution is 8.76. The molecular formula is C28H42O2S2. The summed E-state index contributed by atoms with van der Waals surface area (Å²) in [5, 5.41) is 20.9. The van der Waals surface area contributed by atoms with Crippen LogP contribution in [0.25, 0.3) is 0 Å². The maximum absolute atomic E-state index is 10.5. The highest BCUT2D eigenvalue weighted by Crippen LogP contribution is 2.47. The van der Waals surface area contributed by atoms with Gasteiger partial charge in [0, 0.05) is 0 Å². The van der Waals surface area contributed by atoms with Crippen LogP contribution in [0, 0.1) is 0 Å². The normalized spacial score (nSPS) is 12.3. The number of phenolic OH excluding ortho intramolecular Hbond substituents is 2. The van der Waals surface area contributed by atoms with Crippen LogP contribution >= 0.6 is 21.6 Å². The molecule has 0 radical (unpaired) electrons. The SMILES string of the molecule is CCCCCC(C)(C)c1ccc(O)c(SSc2cc(C(C)(C)CCCCC)ccc2O)c1. The summed E-state index contributed by atoms with van der Waals surface area (Å²) in [7, 11) is 3.04. The van der Waals surface area contributed by atoms with E-state index in [-0.39, 0.29) is 10.8 Å². The molecule has 0 fully saturated rings. The van der Waals surface area contributed by atoms with E-state index in [1.807, 2.05) is 24.3 Å². The summed E-state index contributed by atoms with van der Waals surface area (Å²) in [6.07, 6.45) is 9.67. The fourth-order valence-electron chi connectivity index (χ4n) is 4.02. The van der Waals surface area contributed by atoms with Crippen molar-refractivity contribution in [1.29, 1.82) is 0 Å². The van der Waals surface area contributed by atoms with Crippen LogP contribution in [0.2, 0.25) is 0 Å². The lowest BCUT2D eigenvalue weighted by Crippen LogP contribution is -2.17. The molecule has 2 nitrogen and oxygen atoms in total. The van der Waals surface area contributed by atoms with Crippen LogP contribution in [0.3, 0.4) is 0 Å². The van der Waals surface area contributed by atoms with Crippen LogP contribution in [0.5, 0.6) is 11.5 Å². The molecule has 0 heterocycles. The summed E-state index contributed by atoms with van der Waals surface area (Å²) in [4.78, 5) is 1.70. The van der Waals surface area contributed by atoms with Gasteiger partial charge in [0.1, 0.15) is 11.5 Å². The largest absolute Gasteiger partial charge is 0.507 e. The molecule has 178 valence electrons. The fraction of sp³-hybridized carbons (Fsp3) is 0.571. The second-order valence-electron chi connectivity index (χ2n) is 10.2. The van der Waals surface area contributed by atoms with Gasteiger partial charge in [0.25, 0.3) is 0 Å². The summed E-state index contributed by atoms with van der Waals surface area (Å²) in [5.74, 6) is 0.595. The lowest BCUT2D eigenvalue weighted by Gasteiger charge is -2.26. The molecule has 32 heavy (non-hydrogen) atoms. The third-order valence-corrected chi connectivity index (χ3v) is 8.94. The number of hydrogen-bond donors (Lipinski definition) is 2. The van der Waals surface area contributed by atoms with E-state index in [1.54, 1.807) is 0 Å². The van der Waals surface area contributed by atoms with Crippen LogP contribution in [0.1, 0.15) is 104 Å². The molecule has 0 aromatic heterocycles. The van der Waals surface area contributed by atoms with Gasteiger partial charge >= 0.3 is 0 Å². The molecule has 0 saturated carbocycles. The molecule has 0 bridgehead atoms. The minimum Gasteiger partial charge on any atom is -0.507 e. The fourth-order valence-corrected chi connectivity index (χ4v) is 6.19. The van der Waals surface area contributed by atoms with Gasteiger partial charge in [-0.1, -0.05) is 92.2 Å². The number of unbranched alkanes of at least 4 members (excludes halogenated alkanes) is 4. The molecule has 2 aromatic rings. The molecule has 0 saturated heterocycles. The lowest BCUT2D eigenvalue weighted by molar-refractivity contribution is 0.441. The maximum atomic E-state index is 10.5. The number of hydrogen-bond acceptors (Lipinski definition) is 4. The number of aromatic hydroxyl groups is 2. The number of phenols is 2. The van der Waals surface area contributed by atoms with Crippen molar-refractivity contribution in [1.82, 2.24) is 0 Å². The van der Waals surface area contributed by atoms with E-state index in [2.05, 4.69) is 53.7 Å². The van der Waals surface area contributed by atoms with E-state index in [9.17, 15) is 10.2 Å². The summed E-state index contributed by atoms with van der Waals surface area (Å²) in [6.45, 7) is 13.6. The van der Waals surface area contributed by atoms with Crippen LogP contribution in [0.4, 0.5) is 0 Å². The van der Waals surface area contributed by atoms with Crippen molar-refractivity contribution in [3.05, 3.63) is 47.5 Å². The first-order valence-corrected chi connectivity index (χ1v) is 14.3. The van der Waals surface area contributed by atoms with Gasteiger partial charge in [-0.25, -0.2) is 0 Å². The van der Waals surface area contributed by atoms with E-state index in [0.29, 0.717) is 11.5 Å². The summed E-state index contributed by atoms with van der Waals surface area (Å²) >= 11 is 0. The smallest absolute Gasteiger partial charge is 0.130 e. The Hall–Kier alpha value is -1.26. The Bertz CT molecular complexity index is 787. The van der Waals surface area contributed by atoms with E-state index in [0.717, 1.165) is 22.6 Å². The van der Waals surface area contributed by atoms with Gasteiger partial charge in [-0.3, -0.25) is 0 Å². The first-order chi connectivity index (χ1) is 15.1. The quantitative estimate of drug-likeness (QED) is 0.224. The van der Waals surface area contributed by atoms with Crippen molar-refractivity contribution in [3.8, 4) is 11.5 Å². The minimum atomic E-state index is 0.0768.